The molecule has 1 N–H and O–H groups in total. The third kappa shape index (κ3) is 2.83. The van der Waals surface area contributed by atoms with E-state index in [-0.39, 0.29) is 5.97 Å². The number of esters is 1. The maximum absolute atomic E-state index is 11.1. The summed E-state index contributed by atoms with van der Waals surface area (Å²) in [7, 11) is 1.41. The van der Waals surface area contributed by atoms with Crippen LogP contribution in [0.25, 0.3) is 0 Å². The van der Waals surface area contributed by atoms with E-state index in [1.807, 2.05) is 22.9 Å². The maximum atomic E-state index is 11.1. The first-order valence-corrected chi connectivity index (χ1v) is 5.24. The van der Waals surface area contributed by atoms with Gasteiger partial charge in [-0.3, -0.25) is 4.79 Å². The molecule has 1 aromatic heterocycles. The lowest BCUT2D eigenvalue weighted by Crippen LogP contribution is -2.20. The first kappa shape index (κ1) is 10.2. The minimum Gasteiger partial charge on any atom is -0.468 e. The minimum absolute atomic E-state index is 0.209. The first-order valence-electron chi connectivity index (χ1n) is 5.24. The molecule has 0 atom stereocenters. The van der Waals surface area contributed by atoms with Gasteiger partial charge in [-0.05, 0) is 25.0 Å². The molecule has 4 heteroatoms. The van der Waals surface area contributed by atoms with Crippen LogP contribution in [-0.2, 0) is 22.6 Å². The van der Waals surface area contributed by atoms with E-state index in [9.17, 15) is 4.79 Å². The molecule has 15 heavy (non-hydrogen) atoms. The largest absolute Gasteiger partial charge is 0.468 e. The maximum Gasteiger partial charge on any atom is 0.325 e. The SMILES string of the molecule is COC(=O)Cn1cccc1CNC1CC1. The van der Waals surface area contributed by atoms with Gasteiger partial charge in [-0.1, -0.05) is 0 Å². The number of methoxy groups -OCH3 is 1. The average molecular weight is 208 g/mol. The second-order valence-electron chi connectivity index (χ2n) is 3.86. The van der Waals surface area contributed by atoms with E-state index in [1.165, 1.54) is 20.0 Å². The summed E-state index contributed by atoms with van der Waals surface area (Å²) < 4.78 is 6.55. The predicted molar refractivity (Wildman–Crippen MR) is 56.3 cm³/mol. The zero-order chi connectivity index (χ0) is 10.7. The number of rotatable bonds is 5. The first-order chi connectivity index (χ1) is 7.29. The number of carbonyl (C=O) groups excluding carboxylic acids is 1. The van der Waals surface area contributed by atoms with Crippen LogP contribution in [0.4, 0.5) is 0 Å². The predicted octanol–water partition coefficient (Wildman–Crippen LogP) is 0.913. The van der Waals surface area contributed by atoms with Crippen molar-refractivity contribution in [3.63, 3.8) is 0 Å². The summed E-state index contributed by atoms with van der Waals surface area (Å²) in [5, 5.41) is 3.42. The Kier molecular flexibility index (Phi) is 3.06. The van der Waals surface area contributed by atoms with Gasteiger partial charge in [0.25, 0.3) is 0 Å². The topological polar surface area (TPSA) is 43.3 Å². The summed E-state index contributed by atoms with van der Waals surface area (Å²) in [5.41, 5.74) is 1.13. The highest BCUT2D eigenvalue weighted by Gasteiger charge is 2.20. The molecule has 1 heterocycles. The fraction of sp³-hybridized carbons (Fsp3) is 0.545. The molecule has 0 bridgehead atoms. The zero-order valence-corrected chi connectivity index (χ0v) is 8.90. The summed E-state index contributed by atoms with van der Waals surface area (Å²) >= 11 is 0. The van der Waals surface area contributed by atoms with Gasteiger partial charge in [0.1, 0.15) is 6.54 Å². The third-order valence-electron chi connectivity index (χ3n) is 2.60. The van der Waals surface area contributed by atoms with E-state index in [4.69, 9.17) is 0 Å². The van der Waals surface area contributed by atoms with Crippen LogP contribution in [0.3, 0.4) is 0 Å². The van der Waals surface area contributed by atoms with Gasteiger partial charge in [0.15, 0.2) is 0 Å². The summed E-state index contributed by atoms with van der Waals surface area (Å²) in [6, 6.07) is 4.66. The number of nitrogens with one attached hydrogen (secondary N) is 1. The lowest BCUT2D eigenvalue weighted by Gasteiger charge is -2.08. The molecule has 0 aliphatic heterocycles. The van der Waals surface area contributed by atoms with Crippen molar-refractivity contribution >= 4 is 5.97 Å². The van der Waals surface area contributed by atoms with E-state index in [0.29, 0.717) is 12.6 Å². The van der Waals surface area contributed by atoms with Crippen molar-refractivity contribution in [2.24, 2.45) is 0 Å². The molecular formula is C11H16N2O2. The molecule has 0 saturated heterocycles. The fourth-order valence-electron chi connectivity index (χ4n) is 1.50. The van der Waals surface area contributed by atoms with Crippen molar-refractivity contribution in [3.05, 3.63) is 24.0 Å². The van der Waals surface area contributed by atoms with Gasteiger partial charge < -0.3 is 14.6 Å². The molecule has 0 unspecified atom stereocenters. The Morgan fingerprint density at radius 1 is 1.67 bits per heavy atom. The smallest absolute Gasteiger partial charge is 0.325 e. The van der Waals surface area contributed by atoms with E-state index in [0.717, 1.165) is 12.2 Å². The number of nitrogens with zero attached hydrogens (tertiary/aromatic N) is 1. The lowest BCUT2D eigenvalue weighted by molar-refractivity contribution is -0.141. The van der Waals surface area contributed by atoms with Crippen molar-refractivity contribution in [1.82, 2.24) is 9.88 Å². The molecule has 0 radical (unpaired) electrons. The molecular weight excluding hydrogens is 192 g/mol. The standard InChI is InChI=1S/C11H16N2O2/c1-15-11(14)8-13-6-2-3-10(13)7-12-9-4-5-9/h2-3,6,9,12H,4-5,7-8H2,1H3. The average Bonchev–Trinajstić information content (AvgIpc) is 2.97. The molecule has 1 aliphatic carbocycles. The number of carbonyl (C=O) groups is 1. The van der Waals surface area contributed by atoms with E-state index in [2.05, 4.69) is 10.1 Å². The Hall–Kier alpha value is -1.29. The highest BCUT2D eigenvalue weighted by atomic mass is 16.5. The minimum atomic E-state index is -0.209. The van der Waals surface area contributed by atoms with Gasteiger partial charge in [-0.15, -0.1) is 0 Å². The van der Waals surface area contributed by atoms with Gasteiger partial charge in [0.2, 0.25) is 0 Å². The summed E-state index contributed by atoms with van der Waals surface area (Å²) in [5.74, 6) is -0.209. The Morgan fingerprint density at radius 2 is 2.47 bits per heavy atom. The number of aromatic nitrogens is 1. The van der Waals surface area contributed by atoms with Crippen LogP contribution in [0, 0.1) is 0 Å². The van der Waals surface area contributed by atoms with Gasteiger partial charge in [0, 0.05) is 24.5 Å². The Morgan fingerprint density at radius 3 is 3.13 bits per heavy atom. The third-order valence-corrected chi connectivity index (χ3v) is 2.60. The number of hydrogen-bond donors (Lipinski definition) is 1. The van der Waals surface area contributed by atoms with Crippen LogP contribution < -0.4 is 5.32 Å². The van der Waals surface area contributed by atoms with Crippen molar-refractivity contribution in [1.29, 1.82) is 0 Å². The number of hydrogen-bond acceptors (Lipinski definition) is 3. The van der Waals surface area contributed by atoms with Crippen LogP contribution in [0.5, 0.6) is 0 Å². The van der Waals surface area contributed by atoms with Crippen LogP contribution in [0.1, 0.15) is 18.5 Å². The number of ether oxygens (including phenoxy) is 1. The van der Waals surface area contributed by atoms with Gasteiger partial charge >= 0.3 is 5.97 Å². The fourth-order valence-corrected chi connectivity index (χ4v) is 1.50. The summed E-state index contributed by atoms with van der Waals surface area (Å²) in [6.07, 6.45) is 4.45. The highest BCUT2D eigenvalue weighted by molar-refractivity contribution is 5.69. The molecule has 1 fully saturated rings. The van der Waals surface area contributed by atoms with E-state index < -0.39 is 0 Å². The Labute approximate surface area is 89.2 Å². The molecule has 1 saturated carbocycles. The van der Waals surface area contributed by atoms with Crippen molar-refractivity contribution in [2.75, 3.05) is 7.11 Å². The van der Waals surface area contributed by atoms with Crippen molar-refractivity contribution in [3.8, 4) is 0 Å². The highest BCUT2D eigenvalue weighted by Crippen LogP contribution is 2.19. The second-order valence-corrected chi connectivity index (χ2v) is 3.86. The molecule has 2 rings (SSSR count). The van der Waals surface area contributed by atoms with Crippen LogP contribution in [0.15, 0.2) is 18.3 Å². The second kappa shape index (κ2) is 4.49. The van der Waals surface area contributed by atoms with Crippen LogP contribution in [0.2, 0.25) is 0 Å². The normalized spacial score (nSPS) is 15.3. The monoisotopic (exact) mass is 208 g/mol. The Bertz CT molecular complexity index is 342. The molecule has 1 aromatic rings. The van der Waals surface area contributed by atoms with Crippen LogP contribution >= 0.6 is 0 Å². The molecule has 0 spiro atoms. The lowest BCUT2D eigenvalue weighted by atomic mass is 10.4. The molecule has 1 aliphatic rings. The quantitative estimate of drug-likeness (QED) is 0.731. The summed E-state index contributed by atoms with van der Waals surface area (Å²) in [4.78, 5) is 11.1. The van der Waals surface area contributed by atoms with Gasteiger partial charge in [-0.2, -0.15) is 0 Å². The summed E-state index contributed by atoms with van der Waals surface area (Å²) in [6.45, 7) is 1.12. The van der Waals surface area contributed by atoms with Gasteiger partial charge in [0.05, 0.1) is 7.11 Å². The molecule has 4 nitrogen and oxygen atoms in total. The van der Waals surface area contributed by atoms with Crippen molar-refractivity contribution in [2.45, 2.75) is 32.0 Å². The van der Waals surface area contributed by atoms with Crippen LogP contribution in [-0.4, -0.2) is 23.7 Å². The molecule has 0 aromatic carbocycles. The molecule has 82 valence electrons. The van der Waals surface area contributed by atoms with E-state index >= 15 is 0 Å². The Balaban J connectivity index is 1.91. The van der Waals surface area contributed by atoms with E-state index in [1.54, 1.807) is 0 Å². The zero-order valence-electron chi connectivity index (χ0n) is 8.90. The van der Waals surface area contributed by atoms with Crippen molar-refractivity contribution < 1.29 is 9.53 Å². The molecule has 0 amide bonds. The van der Waals surface area contributed by atoms with Gasteiger partial charge in [-0.25, -0.2) is 0 Å².